The zero-order valence-corrected chi connectivity index (χ0v) is 12.4. The number of aromatic nitrogens is 3. The fourth-order valence-electron chi connectivity index (χ4n) is 2.27. The third-order valence-electron chi connectivity index (χ3n) is 3.34. The quantitative estimate of drug-likeness (QED) is 0.764. The Hall–Kier alpha value is -3.40. The molecule has 3 N–H and O–H groups in total. The first-order valence-corrected chi connectivity index (χ1v) is 7.06. The molecule has 0 saturated carbocycles. The van der Waals surface area contributed by atoms with Gasteiger partial charge in [-0.2, -0.15) is 5.26 Å². The molecule has 23 heavy (non-hydrogen) atoms. The molecule has 0 aliphatic heterocycles. The maximum Gasteiger partial charge on any atom is 0.271 e. The van der Waals surface area contributed by atoms with E-state index in [-0.39, 0.29) is 17.5 Å². The van der Waals surface area contributed by atoms with Crippen LogP contribution in [0.1, 0.15) is 23.0 Å². The first kappa shape index (κ1) is 14.5. The smallest absolute Gasteiger partial charge is 0.271 e. The summed E-state index contributed by atoms with van der Waals surface area (Å²) in [5.41, 5.74) is 8.67. The van der Waals surface area contributed by atoms with Crippen molar-refractivity contribution in [3.05, 3.63) is 47.8 Å². The molecule has 3 rings (SSSR count). The molecule has 2 aromatic heterocycles. The number of benzene rings is 1. The summed E-state index contributed by atoms with van der Waals surface area (Å²) in [5.74, 6) is -0.0356. The number of nitrogens with zero attached hydrogens (tertiary/aromatic N) is 4. The molecule has 0 bridgehead atoms. The minimum Gasteiger partial charge on any atom is -0.369 e. The van der Waals surface area contributed by atoms with E-state index in [9.17, 15) is 4.79 Å². The number of nitrogens with one attached hydrogen (secondary N) is 1. The zero-order chi connectivity index (χ0) is 16.4. The van der Waals surface area contributed by atoms with Crippen LogP contribution in [0.5, 0.6) is 0 Å². The van der Waals surface area contributed by atoms with E-state index in [1.54, 1.807) is 34.9 Å². The number of carbonyl (C=O) groups excluding carboxylic acids is 1. The highest BCUT2D eigenvalue weighted by Crippen LogP contribution is 2.22. The third-order valence-corrected chi connectivity index (χ3v) is 3.34. The van der Waals surface area contributed by atoms with E-state index in [2.05, 4.69) is 21.4 Å². The number of amides is 1. The molecule has 1 amide bonds. The van der Waals surface area contributed by atoms with E-state index in [0.29, 0.717) is 23.4 Å². The highest BCUT2D eigenvalue weighted by Gasteiger charge is 2.13. The van der Waals surface area contributed by atoms with Gasteiger partial charge in [0, 0.05) is 24.4 Å². The molecule has 7 nitrogen and oxygen atoms in total. The highest BCUT2D eigenvalue weighted by atomic mass is 16.1. The number of nitriles is 1. The van der Waals surface area contributed by atoms with Crippen molar-refractivity contribution in [1.29, 1.82) is 5.26 Å². The molecule has 0 saturated heterocycles. The summed E-state index contributed by atoms with van der Waals surface area (Å²) in [5, 5.41) is 11.7. The molecule has 2 heterocycles. The Morgan fingerprint density at radius 2 is 2.22 bits per heavy atom. The van der Waals surface area contributed by atoms with Crippen molar-refractivity contribution >= 4 is 17.5 Å². The summed E-state index contributed by atoms with van der Waals surface area (Å²) < 4.78 is 1.56. The number of rotatable bonds is 3. The maximum absolute atomic E-state index is 11.9. The van der Waals surface area contributed by atoms with E-state index in [0.717, 1.165) is 5.56 Å². The van der Waals surface area contributed by atoms with Crippen LogP contribution < -0.4 is 11.1 Å². The van der Waals surface area contributed by atoms with Crippen LogP contribution in [0.15, 0.2) is 36.5 Å². The molecule has 0 aliphatic rings. The summed E-state index contributed by atoms with van der Waals surface area (Å²) in [6.07, 6.45) is 1.55. The number of imidazole rings is 1. The van der Waals surface area contributed by atoms with Crippen LogP contribution in [0.4, 0.5) is 5.95 Å². The SMILES string of the molecule is CCNC(=O)c1cn2c(N)nc(-c3cccc(C#N)c3)cc2n1. The van der Waals surface area contributed by atoms with E-state index >= 15 is 0 Å². The van der Waals surface area contributed by atoms with Gasteiger partial charge in [0.1, 0.15) is 11.3 Å². The van der Waals surface area contributed by atoms with Crippen molar-refractivity contribution < 1.29 is 4.79 Å². The fraction of sp³-hybridized carbons (Fsp3) is 0.125. The average Bonchev–Trinajstić information content (AvgIpc) is 3.00. The van der Waals surface area contributed by atoms with Crippen LogP contribution in [0, 0.1) is 11.3 Å². The van der Waals surface area contributed by atoms with Gasteiger partial charge in [-0.25, -0.2) is 9.97 Å². The van der Waals surface area contributed by atoms with Crippen molar-refractivity contribution in [1.82, 2.24) is 19.7 Å². The second-order valence-corrected chi connectivity index (χ2v) is 4.91. The van der Waals surface area contributed by atoms with Crippen LogP contribution in [0.25, 0.3) is 16.9 Å². The molecule has 0 unspecified atom stereocenters. The zero-order valence-electron chi connectivity index (χ0n) is 12.4. The molecule has 7 heteroatoms. The lowest BCUT2D eigenvalue weighted by Crippen LogP contribution is -2.22. The standard InChI is InChI=1S/C16H14N6O/c1-2-19-15(23)13-9-22-14(20-13)7-12(21-16(22)18)11-5-3-4-10(6-11)8-17/h3-7,9H,2H2,1H3,(H2,18,21)(H,19,23). The normalized spacial score (nSPS) is 10.4. The molecule has 114 valence electrons. The summed E-state index contributed by atoms with van der Waals surface area (Å²) >= 11 is 0. The molecule has 1 aromatic carbocycles. The lowest BCUT2D eigenvalue weighted by Gasteiger charge is -2.04. The lowest BCUT2D eigenvalue weighted by molar-refractivity contribution is 0.0951. The van der Waals surface area contributed by atoms with Gasteiger partial charge in [-0.3, -0.25) is 9.20 Å². The minimum absolute atomic E-state index is 0.225. The van der Waals surface area contributed by atoms with Gasteiger partial charge in [-0.15, -0.1) is 0 Å². The van der Waals surface area contributed by atoms with Gasteiger partial charge < -0.3 is 11.1 Å². The van der Waals surface area contributed by atoms with Crippen LogP contribution in [-0.4, -0.2) is 26.8 Å². The fourth-order valence-corrected chi connectivity index (χ4v) is 2.27. The van der Waals surface area contributed by atoms with Crippen molar-refractivity contribution in [2.75, 3.05) is 12.3 Å². The Balaban J connectivity index is 2.10. The van der Waals surface area contributed by atoms with Crippen molar-refractivity contribution in [3.63, 3.8) is 0 Å². The van der Waals surface area contributed by atoms with E-state index in [1.165, 1.54) is 0 Å². The van der Waals surface area contributed by atoms with Gasteiger partial charge in [-0.05, 0) is 19.1 Å². The van der Waals surface area contributed by atoms with E-state index in [1.807, 2.05) is 13.0 Å². The average molecular weight is 306 g/mol. The number of fused-ring (bicyclic) bond motifs is 1. The molecule has 0 atom stereocenters. The highest BCUT2D eigenvalue weighted by molar-refractivity contribution is 5.93. The van der Waals surface area contributed by atoms with Crippen molar-refractivity contribution in [2.45, 2.75) is 6.92 Å². The predicted molar refractivity (Wildman–Crippen MR) is 85.6 cm³/mol. The first-order valence-electron chi connectivity index (χ1n) is 7.06. The van der Waals surface area contributed by atoms with Crippen LogP contribution in [0.2, 0.25) is 0 Å². The second kappa shape index (κ2) is 5.77. The largest absolute Gasteiger partial charge is 0.369 e. The summed E-state index contributed by atoms with van der Waals surface area (Å²) in [6, 6.07) is 10.9. The van der Waals surface area contributed by atoms with Gasteiger partial charge in [0.25, 0.3) is 5.91 Å². The number of nitrogen functional groups attached to an aromatic ring is 1. The number of nitrogens with two attached hydrogens (primary N) is 1. The van der Waals surface area contributed by atoms with Crippen LogP contribution in [0.3, 0.4) is 0 Å². The van der Waals surface area contributed by atoms with Crippen LogP contribution in [-0.2, 0) is 0 Å². The molecule has 0 spiro atoms. The van der Waals surface area contributed by atoms with E-state index in [4.69, 9.17) is 11.0 Å². The Morgan fingerprint density at radius 1 is 1.39 bits per heavy atom. The number of anilines is 1. The molecule has 0 fully saturated rings. The van der Waals surface area contributed by atoms with Gasteiger partial charge in [0.15, 0.2) is 0 Å². The number of hydrogen-bond acceptors (Lipinski definition) is 5. The van der Waals surface area contributed by atoms with Crippen molar-refractivity contribution in [3.8, 4) is 17.3 Å². The Labute approximate surface area is 132 Å². The van der Waals surface area contributed by atoms with Crippen molar-refractivity contribution in [2.24, 2.45) is 0 Å². The predicted octanol–water partition coefficient (Wildman–Crippen LogP) is 1.60. The minimum atomic E-state index is -0.261. The molecular formula is C16H14N6O. The van der Waals surface area contributed by atoms with Gasteiger partial charge >= 0.3 is 0 Å². The number of hydrogen-bond donors (Lipinski definition) is 2. The molecule has 0 aliphatic carbocycles. The summed E-state index contributed by atoms with van der Waals surface area (Å²) in [7, 11) is 0. The summed E-state index contributed by atoms with van der Waals surface area (Å²) in [4.78, 5) is 20.5. The number of carbonyl (C=O) groups is 1. The monoisotopic (exact) mass is 306 g/mol. The van der Waals surface area contributed by atoms with Gasteiger partial charge in [0.05, 0.1) is 17.3 Å². The molecule has 3 aromatic rings. The van der Waals surface area contributed by atoms with Gasteiger partial charge in [0.2, 0.25) is 5.95 Å². The van der Waals surface area contributed by atoms with E-state index < -0.39 is 0 Å². The first-order chi connectivity index (χ1) is 11.1. The third kappa shape index (κ3) is 2.70. The van der Waals surface area contributed by atoms with Gasteiger partial charge in [-0.1, -0.05) is 12.1 Å². The molecule has 0 radical (unpaired) electrons. The second-order valence-electron chi connectivity index (χ2n) is 4.91. The topological polar surface area (TPSA) is 109 Å². The Kier molecular flexibility index (Phi) is 3.65. The summed E-state index contributed by atoms with van der Waals surface area (Å²) in [6.45, 7) is 2.36. The Bertz CT molecular complexity index is 937. The lowest BCUT2D eigenvalue weighted by atomic mass is 10.1. The van der Waals surface area contributed by atoms with Crippen LogP contribution >= 0.6 is 0 Å². The maximum atomic E-state index is 11.9. The molecular weight excluding hydrogens is 292 g/mol. The Morgan fingerprint density at radius 3 is 2.96 bits per heavy atom.